The van der Waals surface area contributed by atoms with Crippen molar-refractivity contribution in [2.75, 3.05) is 76.7 Å². The molecule has 2 aliphatic rings. The van der Waals surface area contributed by atoms with Crippen LogP contribution >= 0.6 is 11.8 Å². The first kappa shape index (κ1) is 24.7. The number of fused-ring (bicyclic) bond motifs is 1. The molecule has 0 fully saturated rings. The van der Waals surface area contributed by atoms with Gasteiger partial charge in [0.15, 0.2) is 4.91 Å². The smallest absolute Gasteiger partial charge is 0.222 e. The van der Waals surface area contributed by atoms with Crippen LogP contribution in [0.25, 0.3) is 0 Å². The molecule has 3 rings (SSSR count). The first-order valence-electron chi connectivity index (χ1n) is 12.0. The number of nitrogens with one attached hydrogen (secondary N) is 1. The van der Waals surface area contributed by atoms with Crippen molar-refractivity contribution in [3.63, 3.8) is 0 Å². The number of benzene rings is 1. The highest BCUT2D eigenvalue weighted by atomic mass is 32.2. The van der Waals surface area contributed by atoms with Crippen LogP contribution in [0.4, 0.5) is 11.4 Å². The molecule has 1 aromatic rings. The maximum Gasteiger partial charge on any atom is 0.222 e. The van der Waals surface area contributed by atoms with Crippen LogP contribution in [0.5, 0.6) is 0 Å². The van der Waals surface area contributed by atoms with Gasteiger partial charge in [-0.3, -0.25) is 0 Å². The molecule has 5 nitrogen and oxygen atoms in total. The third-order valence-electron chi connectivity index (χ3n) is 6.51. The molecule has 6 heteroatoms. The summed E-state index contributed by atoms with van der Waals surface area (Å²) in [5.41, 5.74) is 4.74. The van der Waals surface area contributed by atoms with E-state index < -0.39 is 0 Å². The number of allylic oxidation sites excluding steroid dienone is 3. The molecule has 0 aromatic heterocycles. The maximum absolute atomic E-state index is 3.58. The van der Waals surface area contributed by atoms with Crippen molar-refractivity contribution >= 4 is 23.1 Å². The van der Waals surface area contributed by atoms with E-state index in [2.05, 4.69) is 103 Å². The predicted molar refractivity (Wildman–Crippen MR) is 140 cm³/mol. The molecular formula is C26H40N5S+. The largest absolute Gasteiger partial charge is 0.373 e. The Bertz CT molecular complexity index is 852. The summed E-state index contributed by atoms with van der Waals surface area (Å²) in [4.78, 5) is 12.1. The van der Waals surface area contributed by atoms with E-state index in [9.17, 15) is 0 Å². The van der Waals surface area contributed by atoms with Gasteiger partial charge in [-0.1, -0.05) is 27.7 Å². The fourth-order valence-corrected chi connectivity index (χ4v) is 5.01. The summed E-state index contributed by atoms with van der Waals surface area (Å²) >= 11 is 1.84. The van der Waals surface area contributed by atoms with E-state index in [1.54, 1.807) is 0 Å². The fraction of sp³-hybridized carbons (Fsp3) is 0.538. The Morgan fingerprint density at radius 3 is 2.09 bits per heavy atom. The Hall–Kier alpha value is -1.98. The van der Waals surface area contributed by atoms with E-state index in [4.69, 9.17) is 0 Å². The Balaban J connectivity index is 1.66. The number of anilines is 2. The first-order valence-corrected chi connectivity index (χ1v) is 12.8. The van der Waals surface area contributed by atoms with Gasteiger partial charge in [-0.05, 0) is 56.1 Å². The lowest BCUT2D eigenvalue weighted by Gasteiger charge is -2.26. The van der Waals surface area contributed by atoms with Crippen LogP contribution in [0.1, 0.15) is 27.7 Å². The molecule has 0 atom stereocenters. The van der Waals surface area contributed by atoms with E-state index in [-0.39, 0.29) is 0 Å². The minimum Gasteiger partial charge on any atom is -0.373 e. The van der Waals surface area contributed by atoms with Crippen molar-refractivity contribution in [1.82, 2.24) is 14.7 Å². The fourth-order valence-electron chi connectivity index (χ4n) is 3.97. The van der Waals surface area contributed by atoms with Crippen LogP contribution < -0.4 is 10.2 Å². The van der Waals surface area contributed by atoms with Crippen LogP contribution in [-0.4, -0.2) is 81.2 Å². The number of likely N-dealkylation sites (N-methyl/N-ethyl adjacent to an activating group) is 4. The van der Waals surface area contributed by atoms with Gasteiger partial charge in [0, 0.05) is 46.0 Å². The summed E-state index contributed by atoms with van der Waals surface area (Å²) in [5, 5.41) is 3.58. The van der Waals surface area contributed by atoms with Gasteiger partial charge in [0.25, 0.3) is 0 Å². The average molecular weight is 455 g/mol. The molecule has 0 unspecified atom stereocenters. The van der Waals surface area contributed by atoms with Crippen LogP contribution in [0, 0.1) is 6.08 Å². The first-order chi connectivity index (χ1) is 15.5. The second-order valence-corrected chi connectivity index (χ2v) is 9.49. The lowest BCUT2D eigenvalue weighted by Crippen LogP contribution is -2.33. The highest BCUT2D eigenvalue weighted by Crippen LogP contribution is 2.43. The van der Waals surface area contributed by atoms with E-state index >= 15 is 0 Å². The van der Waals surface area contributed by atoms with Gasteiger partial charge in [-0.25, -0.2) is 0 Å². The van der Waals surface area contributed by atoms with Gasteiger partial charge in [0.1, 0.15) is 11.8 Å². The SMILES string of the molecule is CCN(CC)CCN(C)C1=CC2=C([C+]=C1)Nc1ccc(N(C)CCN(CC)CC)cc1S2. The van der Waals surface area contributed by atoms with Crippen LogP contribution in [0.3, 0.4) is 0 Å². The summed E-state index contributed by atoms with van der Waals surface area (Å²) in [6.45, 7) is 17.5. The Labute approximate surface area is 199 Å². The number of hydrogen-bond donors (Lipinski definition) is 1. The van der Waals surface area contributed by atoms with Gasteiger partial charge in [-0.2, -0.15) is 0 Å². The molecule has 174 valence electrons. The lowest BCUT2D eigenvalue weighted by atomic mass is 10.1. The van der Waals surface area contributed by atoms with Crippen LogP contribution in [-0.2, 0) is 0 Å². The minimum absolute atomic E-state index is 1.02. The molecule has 0 radical (unpaired) electrons. The van der Waals surface area contributed by atoms with Gasteiger partial charge < -0.3 is 24.9 Å². The molecule has 1 N–H and O–H groups in total. The normalized spacial score (nSPS) is 14.7. The Morgan fingerprint density at radius 2 is 1.47 bits per heavy atom. The number of nitrogens with zero attached hydrogens (tertiary/aromatic N) is 4. The predicted octanol–water partition coefficient (Wildman–Crippen LogP) is 4.72. The molecular weight excluding hydrogens is 414 g/mol. The van der Waals surface area contributed by atoms with Crippen LogP contribution in [0.15, 0.2) is 51.5 Å². The third kappa shape index (κ3) is 6.08. The molecule has 0 bridgehead atoms. The molecule has 1 aromatic carbocycles. The number of hydrogen-bond acceptors (Lipinski definition) is 6. The second-order valence-electron chi connectivity index (χ2n) is 8.40. The van der Waals surface area contributed by atoms with Crippen molar-refractivity contribution in [2.45, 2.75) is 32.6 Å². The van der Waals surface area contributed by atoms with Crippen molar-refractivity contribution in [2.24, 2.45) is 0 Å². The van der Waals surface area contributed by atoms with Crippen molar-refractivity contribution in [1.29, 1.82) is 0 Å². The molecule has 0 saturated heterocycles. The Kier molecular flexibility index (Phi) is 9.06. The molecule has 1 aliphatic carbocycles. The van der Waals surface area contributed by atoms with E-state index in [0.717, 1.165) is 58.1 Å². The number of rotatable bonds is 12. The van der Waals surface area contributed by atoms with E-state index in [1.807, 2.05) is 11.8 Å². The van der Waals surface area contributed by atoms with E-state index in [0.29, 0.717) is 0 Å². The monoisotopic (exact) mass is 454 g/mol. The molecule has 0 amide bonds. The highest BCUT2D eigenvalue weighted by molar-refractivity contribution is 8.03. The third-order valence-corrected chi connectivity index (χ3v) is 7.61. The van der Waals surface area contributed by atoms with Crippen molar-refractivity contribution < 1.29 is 0 Å². The van der Waals surface area contributed by atoms with Crippen molar-refractivity contribution in [3.05, 3.63) is 52.7 Å². The quantitative estimate of drug-likeness (QED) is 0.459. The van der Waals surface area contributed by atoms with Crippen LogP contribution in [0.2, 0.25) is 0 Å². The highest BCUT2D eigenvalue weighted by Gasteiger charge is 2.28. The van der Waals surface area contributed by atoms with E-state index in [1.165, 1.54) is 26.9 Å². The minimum atomic E-state index is 1.02. The summed E-state index contributed by atoms with van der Waals surface area (Å²) in [6.07, 6.45) is 7.88. The van der Waals surface area contributed by atoms with Gasteiger partial charge in [0.05, 0.1) is 22.7 Å². The summed E-state index contributed by atoms with van der Waals surface area (Å²) in [6, 6.07) is 6.73. The average Bonchev–Trinajstić information content (AvgIpc) is 2.82. The molecule has 1 aliphatic heterocycles. The molecule has 0 saturated carbocycles. The number of thioether (sulfide) groups is 1. The maximum atomic E-state index is 3.58. The topological polar surface area (TPSA) is 25.0 Å². The van der Waals surface area contributed by atoms with Gasteiger partial charge in [0.2, 0.25) is 5.70 Å². The zero-order valence-electron chi connectivity index (χ0n) is 20.7. The second kappa shape index (κ2) is 11.8. The van der Waals surface area contributed by atoms with Gasteiger partial charge >= 0.3 is 0 Å². The lowest BCUT2D eigenvalue weighted by molar-refractivity contribution is 0.267. The molecule has 1 heterocycles. The zero-order chi connectivity index (χ0) is 23.1. The molecule has 32 heavy (non-hydrogen) atoms. The summed E-state index contributed by atoms with van der Waals surface area (Å²) in [7, 11) is 4.37. The van der Waals surface area contributed by atoms with Crippen molar-refractivity contribution in [3.8, 4) is 0 Å². The summed E-state index contributed by atoms with van der Waals surface area (Å²) < 4.78 is 0. The summed E-state index contributed by atoms with van der Waals surface area (Å²) in [5.74, 6) is 0. The zero-order valence-corrected chi connectivity index (χ0v) is 21.6. The molecule has 0 spiro atoms. The Morgan fingerprint density at radius 1 is 0.844 bits per heavy atom. The standard InChI is InChI=1S/C26H40N5S/c1-7-30(8-2)17-15-28(5)21-11-13-23-25(19-21)32-26-20-22(12-14-24(26)27-23)29(6)16-18-31(9-3)10-4/h11-13,19-20,27H,7-10,15-18H2,1-6H3/q+1. The van der Waals surface area contributed by atoms with Gasteiger partial charge in [-0.15, -0.1) is 0 Å².